The van der Waals surface area contributed by atoms with Crippen LogP contribution in [0.3, 0.4) is 0 Å². The molecule has 0 aliphatic heterocycles. The van der Waals surface area contributed by atoms with E-state index in [2.05, 4.69) is 4.98 Å². The third kappa shape index (κ3) is 2.71. The highest BCUT2D eigenvalue weighted by Crippen LogP contribution is 2.25. The van der Waals surface area contributed by atoms with Crippen LogP contribution in [0.15, 0.2) is 36.5 Å². The summed E-state index contributed by atoms with van der Waals surface area (Å²) < 4.78 is 5.69. The zero-order chi connectivity index (χ0) is 13.1. The van der Waals surface area contributed by atoms with E-state index in [9.17, 15) is 0 Å². The first kappa shape index (κ1) is 12.2. The molecule has 2 rings (SSSR count). The van der Waals surface area contributed by atoms with Crippen LogP contribution < -0.4 is 15.4 Å². The molecule has 4 nitrogen and oxygen atoms in total. The lowest BCUT2D eigenvalue weighted by atomic mass is 10.2. The van der Waals surface area contributed by atoms with Gasteiger partial charge in [0.25, 0.3) is 0 Å². The number of nitrogen functional groups attached to an aromatic ring is 1. The van der Waals surface area contributed by atoms with Gasteiger partial charge in [0.2, 0.25) is 5.88 Å². The minimum atomic E-state index is 0.508. The minimum absolute atomic E-state index is 0.508. The van der Waals surface area contributed by atoms with Crippen LogP contribution >= 0.6 is 0 Å². The predicted octanol–water partition coefficient (Wildman–Crippen LogP) is 2.83. The van der Waals surface area contributed by atoms with Crippen molar-refractivity contribution < 1.29 is 4.74 Å². The number of nitrogens with zero attached hydrogens (tertiary/aromatic N) is 2. The van der Waals surface area contributed by atoms with Crippen LogP contribution in [0, 0.1) is 6.92 Å². The van der Waals surface area contributed by atoms with Crippen LogP contribution in [0.2, 0.25) is 0 Å². The van der Waals surface area contributed by atoms with Gasteiger partial charge in [0.05, 0.1) is 0 Å². The summed E-state index contributed by atoms with van der Waals surface area (Å²) in [7, 11) is 3.97. The van der Waals surface area contributed by atoms with Crippen LogP contribution in [0.5, 0.6) is 11.6 Å². The molecule has 0 atom stereocenters. The molecule has 0 unspecified atom stereocenters. The van der Waals surface area contributed by atoms with E-state index in [1.165, 1.54) is 0 Å². The Kier molecular flexibility index (Phi) is 3.37. The number of hydrogen-bond acceptors (Lipinski definition) is 4. The van der Waals surface area contributed by atoms with Crippen molar-refractivity contribution in [2.45, 2.75) is 6.92 Å². The first-order valence-electron chi connectivity index (χ1n) is 5.73. The van der Waals surface area contributed by atoms with E-state index in [1.807, 2.05) is 50.2 Å². The van der Waals surface area contributed by atoms with Gasteiger partial charge >= 0.3 is 0 Å². The Morgan fingerprint density at radius 2 is 2.00 bits per heavy atom. The molecule has 0 saturated carbocycles. The summed E-state index contributed by atoms with van der Waals surface area (Å²) in [5.74, 6) is 1.26. The second-order valence-electron chi connectivity index (χ2n) is 4.37. The highest BCUT2D eigenvalue weighted by Gasteiger charge is 2.03. The molecule has 1 aromatic carbocycles. The number of hydrogen-bond donors (Lipinski definition) is 1. The number of rotatable bonds is 3. The average molecular weight is 243 g/mol. The Morgan fingerprint density at radius 1 is 1.22 bits per heavy atom. The lowest BCUT2D eigenvalue weighted by Gasteiger charge is -2.13. The smallest absolute Gasteiger partial charge is 0.221 e. The Hall–Kier alpha value is -2.23. The normalized spacial score (nSPS) is 10.2. The quantitative estimate of drug-likeness (QED) is 0.900. The van der Waals surface area contributed by atoms with Crippen molar-refractivity contribution >= 4 is 11.4 Å². The molecule has 0 fully saturated rings. The number of benzene rings is 1. The molecule has 2 aromatic rings. The second kappa shape index (κ2) is 4.96. The summed E-state index contributed by atoms with van der Waals surface area (Å²) in [5, 5.41) is 0. The van der Waals surface area contributed by atoms with Gasteiger partial charge in [-0.25, -0.2) is 4.98 Å². The van der Waals surface area contributed by atoms with Gasteiger partial charge in [-0.1, -0.05) is 6.07 Å². The Balaban J connectivity index is 2.23. The van der Waals surface area contributed by atoms with Gasteiger partial charge in [0.1, 0.15) is 5.75 Å². The Labute approximate surface area is 107 Å². The molecule has 0 amide bonds. The summed E-state index contributed by atoms with van der Waals surface area (Å²) in [6.07, 6.45) is 1.71. The maximum absolute atomic E-state index is 5.82. The minimum Gasteiger partial charge on any atom is -0.439 e. The van der Waals surface area contributed by atoms with E-state index in [-0.39, 0.29) is 0 Å². The van der Waals surface area contributed by atoms with Crippen LogP contribution in [0.25, 0.3) is 0 Å². The van der Waals surface area contributed by atoms with Gasteiger partial charge in [-0.2, -0.15) is 0 Å². The Bertz CT molecular complexity index is 552. The zero-order valence-corrected chi connectivity index (χ0v) is 10.8. The van der Waals surface area contributed by atoms with E-state index in [0.717, 1.165) is 17.0 Å². The van der Waals surface area contributed by atoms with Gasteiger partial charge < -0.3 is 15.4 Å². The van der Waals surface area contributed by atoms with Crippen molar-refractivity contribution in [3.63, 3.8) is 0 Å². The fourth-order valence-corrected chi connectivity index (χ4v) is 1.52. The van der Waals surface area contributed by atoms with E-state index in [4.69, 9.17) is 10.5 Å². The fraction of sp³-hybridized carbons (Fsp3) is 0.214. The molecule has 4 heteroatoms. The largest absolute Gasteiger partial charge is 0.439 e. The maximum atomic E-state index is 5.82. The van der Waals surface area contributed by atoms with Crippen LogP contribution in [-0.4, -0.2) is 19.1 Å². The van der Waals surface area contributed by atoms with Crippen molar-refractivity contribution in [1.82, 2.24) is 4.98 Å². The first-order valence-corrected chi connectivity index (χ1v) is 5.73. The third-order valence-corrected chi connectivity index (χ3v) is 2.68. The van der Waals surface area contributed by atoms with Gasteiger partial charge in [-0.3, -0.25) is 0 Å². The van der Waals surface area contributed by atoms with Crippen molar-refractivity contribution in [2.24, 2.45) is 0 Å². The summed E-state index contributed by atoms with van der Waals surface area (Å²) in [6, 6.07) is 9.55. The predicted molar refractivity (Wildman–Crippen MR) is 74.2 cm³/mol. The lowest BCUT2D eigenvalue weighted by Crippen LogP contribution is -2.08. The summed E-state index contributed by atoms with van der Waals surface area (Å²) >= 11 is 0. The molecule has 0 bridgehead atoms. The fourth-order valence-electron chi connectivity index (χ4n) is 1.52. The molecule has 1 heterocycles. The third-order valence-electron chi connectivity index (χ3n) is 2.68. The number of ether oxygens (including phenoxy) is 1. The summed E-state index contributed by atoms with van der Waals surface area (Å²) in [5.41, 5.74) is 8.53. The lowest BCUT2D eigenvalue weighted by molar-refractivity contribution is 0.463. The molecule has 0 aliphatic rings. The molecule has 0 aliphatic carbocycles. The van der Waals surface area contributed by atoms with Crippen molar-refractivity contribution in [1.29, 1.82) is 0 Å². The van der Waals surface area contributed by atoms with Crippen molar-refractivity contribution in [2.75, 3.05) is 24.7 Å². The van der Waals surface area contributed by atoms with Crippen molar-refractivity contribution in [3.8, 4) is 11.6 Å². The van der Waals surface area contributed by atoms with Gasteiger partial charge in [-0.05, 0) is 24.6 Å². The van der Waals surface area contributed by atoms with Crippen LogP contribution in [0.1, 0.15) is 5.56 Å². The number of aromatic nitrogens is 1. The molecule has 0 saturated heterocycles. The number of nitrogens with two attached hydrogens (primary N) is 1. The van der Waals surface area contributed by atoms with E-state index < -0.39 is 0 Å². The molecule has 94 valence electrons. The highest BCUT2D eigenvalue weighted by molar-refractivity contribution is 5.51. The molecule has 18 heavy (non-hydrogen) atoms. The molecule has 0 radical (unpaired) electrons. The number of anilines is 2. The number of pyridine rings is 1. The monoisotopic (exact) mass is 243 g/mol. The van der Waals surface area contributed by atoms with Gasteiger partial charge in [-0.15, -0.1) is 0 Å². The molecule has 2 N–H and O–H groups in total. The molecule has 1 aromatic heterocycles. The van der Waals surface area contributed by atoms with Crippen LogP contribution in [0.4, 0.5) is 11.4 Å². The molecular formula is C14H17N3O. The van der Waals surface area contributed by atoms with Crippen molar-refractivity contribution in [3.05, 3.63) is 42.1 Å². The second-order valence-corrected chi connectivity index (χ2v) is 4.37. The molecule has 0 spiro atoms. The molecular weight excluding hydrogens is 226 g/mol. The Morgan fingerprint density at radius 3 is 2.67 bits per heavy atom. The highest BCUT2D eigenvalue weighted by atomic mass is 16.5. The van der Waals surface area contributed by atoms with Crippen LogP contribution in [-0.2, 0) is 0 Å². The summed E-state index contributed by atoms with van der Waals surface area (Å²) in [4.78, 5) is 6.21. The average Bonchev–Trinajstić information content (AvgIpc) is 2.34. The zero-order valence-electron chi connectivity index (χ0n) is 10.8. The van der Waals surface area contributed by atoms with E-state index >= 15 is 0 Å². The van der Waals surface area contributed by atoms with Gasteiger partial charge in [0, 0.05) is 43.8 Å². The van der Waals surface area contributed by atoms with Gasteiger partial charge in [0.15, 0.2) is 0 Å². The first-order chi connectivity index (χ1) is 8.56. The number of aryl methyl sites for hydroxylation is 1. The standard InChI is InChI=1S/C14H17N3O/c1-10-9-16-14(8-13(10)15)18-12-6-4-5-11(7-12)17(2)3/h4-9H,1-3H3,(H2,15,16). The van der Waals surface area contributed by atoms with E-state index in [1.54, 1.807) is 12.3 Å². The van der Waals surface area contributed by atoms with E-state index in [0.29, 0.717) is 11.6 Å². The summed E-state index contributed by atoms with van der Waals surface area (Å²) in [6.45, 7) is 1.92. The SMILES string of the molecule is Cc1cnc(Oc2cccc(N(C)C)c2)cc1N. The maximum Gasteiger partial charge on any atom is 0.221 e. The topological polar surface area (TPSA) is 51.4 Å².